The Morgan fingerprint density at radius 3 is 2.37 bits per heavy atom. The summed E-state index contributed by atoms with van der Waals surface area (Å²) in [6.07, 6.45) is 0. The van der Waals surface area contributed by atoms with Crippen LogP contribution in [0.2, 0.25) is 0 Å². The summed E-state index contributed by atoms with van der Waals surface area (Å²) in [4.78, 5) is 0. The molecule has 0 spiro atoms. The first-order valence-electron chi connectivity index (χ1n) is 5.79. The van der Waals surface area contributed by atoms with Gasteiger partial charge in [-0.05, 0) is 17.7 Å². The van der Waals surface area contributed by atoms with Crippen molar-refractivity contribution in [3.63, 3.8) is 0 Å². The number of hydrogen-bond acceptors (Lipinski definition) is 4. The average molecular weight is 268 g/mol. The van der Waals surface area contributed by atoms with Crippen LogP contribution in [0.25, 0.3) is 11.1 Å². The highest BCUT2D eigenvalue weighted by Crippen LogP contribution is 2.34. The minimum absolute atomic E-state index is 0.0971. The minimum atomic E-state index is -2.84. The van der Waals surface area contributed by atoms with E-state index in [9.17, 15) is 8.78 Å². The number of halogens is 2. The average Bonchev–Trinajstić information content (AvgIpc) is 2.71. The molecule has 0 saturated heterocycles. The lowest BCUT2D eigenvalue weighted by Crippen LogP contribution is -2.01. The molecule has 0 fully saturated rings. The van der Waals surface area contributed by atoms with E-state index in [1.807, 2.05) is 13.8 Å². The highest BCUT2D eigenvalue weighted by atomic mass is 19.3. The zero-order chi connectivity index (χ0) is 14.0. The van der Waals surface area contributed by atoms with Crippen LogP contribution in [0.5, 0.6) is 5.75 Å². The van der Waals surface area contributed by atoms with Gasteiger partial charge in [0.05, 0.1) is 5.56 Å². The van der Waals surface area contributed by atoms with Gasteiger partial charge in [-0.3, -0.25) is 0 Å². The molecule has 0 bridgehead atoms. The molecule has 4 nitrogen and oxygen atoms in total. The Kier molecular flexibility index (Phi) is 3.69. The maximum Gasteiger partial charge on any atom is 0.387 e. The molecule has 0 aliphatic rings. The van der Waals surface area contributed by atoms with Gasteiger partial charge in [0.15, 0.2) is 5.82 Å². The standard InChI is InChI=1S/C13H14F2N2O2/c1-7(2)11-10(12(16)17-19-11)8-3-5-9(6-4-8)18-13(14)15/h3-7,13H,1-2H3,(H2,16,17). The number of ether oxygens (including phenoxy) is 1. The molecule has 2 aromatic rings. The number of alkyl halides is 2. The third-order valence-corrected chi connectivity index (χ3v) is 2.64. The molecule has 0 saturated carbocycles. The normalized spacial score (nSPS) is 11.3. The molecular weight excluding hydrogens is 254 g/mol. The van der Waals surface area contributed by atoms with Crippen molar-refractivity contribution in [3.05, 3.63) is 30.0 Å². The van der Waals surface area contributed by atoms with Gasteiger partial charge in [-0.2, -0.15) is 8.78 Å². The molecule has 0 atom stereocenters. The van der Waals surface area contributed by atoms with Crippen LogP contribution in [-0.4, -0.2) is 11.8 Å². The van der Waals surface area contributed by atoms with Crippen LogP contribution >= 0.6 is 0 Å². The molecule has 6 heteroatoms. The number of nitrogens with zero attached hydrogens (tertiary/aromatic N) is 1. The van der Waals surface area contributed by atoms with Crippen molar-refractivity contribution in [2.24, 2.45) is 0 Å². The Balaban J connectivity index is 2.34. The molecule has 0 aliphatic carbocycles. The van der Waals surface area contributed by atoms with Crippen molar-refractivity contribution in [3.8, 4) is 16.9 Å². The number of aromatic nitrogens is 1. The lowest BCUT2D eigenvalue weighted by atomic mass is 10.00. The summed E-state index contributed by atoms with van der Waals surface area (Å²) < 4.78 is 33.6. The number of rotatable bonds is 4. The molecule has 19 heavy (non-hydrogen) atoms. The summed E-state index contributed by atoms with van der Waals surface area (Å²) in [5.41, 5.74) is 7.22. The lowest BCUT2D eigenvalue weighted by molar-refractivity contribution is -0.0498. The first-order chi connectivity index (χ1) is 8.99. The fourth-order valence-corrected chi connectivity index (χ4v) is 1.80. The third kappa shape index (κ3) is 2.83. The molecule has 0 radical (unpaired) electrons. The second kappa shape index (κ2) is 5.26. The predicted octanol–water partition coefficient (Wildman–Crippen LogP) is 3.65. The van der Waals surface area contributed by atoms with Crippen LogP contribution in [0.3, 0.4) is 0 Å². The maximum atomic E-state index is 12.1. The molecule has 1 aromatic heterocycles. The Hall–Kier alpha value is -2.11. The summed E-state index contributed by atoms with van der Waals surface area (Å²) in [7, 11) is 0. The monoisotopic (exact) mass is 268 g/mol. The number of hydrogen-bond donors (Lipinski definition) is 1. The van der Waals surface area contributed by atoms with E-state index in [4.69, 9.17) is 10.3 Å². The van der Waals surface area contributed by atoms with Gasteiger partial charge in [0, 0.05) is 5.92 Å². The zero-order valence-electron chi connectivity index (χ0n) is 10.6. The van der Waals surface area contributed by atoms with Gasteiger partial charge in [-0.15, -0.1) is 0 Å². The summed E-state index contributed by atoms with van der Waals surface area (Å²) in [6, 6.07) is 6.20. The minimum Gasteiger partial charge on any atom is -0.435 e. The van der Waals surface area contributed by atoms with E-state index in [1.54, 1.807) is 12.1 Å². The number of nitrogens with two attached hydrogens (primary N) is 1. The first kappa shape index (κ1) is 13.3. The van der Waals surface area contributed by atoms with E-state index in [2.05, 4.69) is 9.89 Å². The molecule has 1 heterocycles. The number of benzene rings is 1. The SMILES string of the molecule is CC(C)c1onc(N)c1-c1ccc(OC(F)F)cc1. The van der Waals surface area contributed by atoms with Crippen molar-refractivity contribution < 1.29 is 18.0 Å². The second-order valence-electron chi connectivity index (χ2n) is 4.36. The van der Waals surface area contributed by atoms with Crippen LogP contribution < -0.4 is 10.5 Å². The Bertz CT molecular complexity index is 550. The number of nitrogen functional groups attached to an aromatic ring is 1. The second-order valence-corrected chi connectivity index (χ2v) is 4.36. The highest BCUT2D eigenvalue weighted by molar-refractivity contribution is 5.76. The van der Waals surface area contributed by atoms with Crippen LogP contribution in [0.1, 0.15) is 25.5 Å². The van der Waals surface area contributed by atoms with E-state index < -0.39 is 6.61 Å². The molecule has 1 aromatic carbocycles. The van der Waals surface area contributed by atoms with Crippen LogP contribution in [0.4, 0.5) is 14.6 Å². The van der Waals surface area contributed by atoms with Crippen LogP contribution in [0.15, 0.2) is 28.8 Å². The molecule has 0 unspecified atom stereocenters. The van der Waals surface area contributed by atoms with Gasteiger partial charge in [-0.1, -0.05) is 31.1 Å². The largest absolute Gasteiger partial charge is 0.435 e. The Morgan fingerprint density at radius 1 is 1.21 bits per heavy atom. The van der Waals surface area contributed by atoms with Crippen molar-refractivity contribution in [1.29, 1.82) is 0 Å². The third-order valence-electron chi connectivity index (χ3n) is 2.64. The predicted molar refractivity (Wildman–Crippen MR) is 67.1 cm³/mol. The van der Waals surface area contributed by atoms with E-state index in [0.717, 1.165) is 5.56 Å². The Labute approximate surface area is 109 Å². The fraction of sp³-hybridized carbons (Fsp3) is 0.308. The van der Waals surface area contributed by atoms with Gasteiger partial charge in [0.25, 0.3) is 0 Å². The zero-order valence-corrected chi connectivity index (χ0v) is 10.6. The van der Waals surface area contributed by atoms with Crippen molar-refractivity contribution >= 4 is 5.82 Å². The molecular formula is C13H14F2N2O2. The Morgan fingerprint density at radius 2 is 1.84 bits per heavy atom. The fourth-order valence-electron chi connectivity index (χ4n) is 1.80. The van der Waals surface area contributed by atoms with Crippen LogP contribution in [-0.2, 0) is 0 Å². The molecule has 2 rings (SSSR count). The van der Waals surface area contributed by atoms with Gasteiger partial charge in [0.2, 0.25) is 0 Å². The van der Waals surface area contributed by atoms with Crippen molar-refractivity contribution in [2.45, 2.75) is 26.4 Å². The molecule has 2 N–H and O–H groups in total. The molecule has 0 amide bonds. The lowest BCUT2D eigenvalue weighted by Gasteiger charge is -2.07. The van der Waals surface area contributed by atoms with E-state index in [-0.39, 0.29) is 17.5 Å². The topological polar surface area (TPSA) is 61.3 Å². The summed E-state index contributed by atoms with van der Waals surface area (Å²) in [5, 5.41) is 3.74. The van der Waals surface area contributed by atoms with Gasteiger partial charge >= 0.3 is 6.61 Å². The number of anilines is 1. The van der Waals surface area contributed by atoms with E-state index in [1.165, 1.54) is 12.1 Å². The summed E-state index contributed by atoms with van der Waals surface area (Å²) >= 11 is 0. The van der Waals surface area contributed by atoms with E-state index in [0.29, 0.717) is 11.3 Å². The maximum absolute atomic E-state index is 12.1. The molecule has 102 valence electrons. The molecule has 0 aliphatic heterocycles. The van der Waals surface area contributed by atoms with Gasteiger partial charge < -0.3 is 15.0 Å². The summed E-state index contributed by atoms with van der Waals surface area (Å²) in [6.45, 7) is 1.08. The first-order valence-corrected chi connectivity index (χ1v) is 5.79. The van der Waals surface area contributed by atoms with Crippen molar-refractivity contribution in [1.82, 2.24) is 5.16 Å². The van der Waals surface area contributed by atoms with Crippen LogP contribution in [0, 0.1) is 0 Å². The summed E-state index contributed by atoms with van der Waals surface area (Å²) in [5.74, 6) is 1.17. The van der Waals surface area contributed by atoms with Crippen molar-refractivity contribution in [2.75, 3.05) is 5.73 Å². The van der Waals surface area contributed by atoms with Gasteiger partial charge in [-0.25, -0.2) is 0 Å². The smallest absolute Gasteiger partial charge is 0.387 e. The highest BCUT2D eigenvalue weighted by Gasteiger charge is 2.18. The quantitative estimate of drug-likeness (QED) is 0.919. The van der Waals surface area contributed by atoms with E-state index >= 15 is 0 Å². The van der Waals surface area contributed by atoms with Gasteiger partial charge in [0.1, 0.15) is 11.5 Å².